The van der Waals surface area contributed by atoms with E-state index in [1.807, 2.05) is 24.5 Å². The number of fused-ring (bicyclic) bond motifs is 3. The highest BCUT2D eigenvalue weighted by Crippen LogP contribution is 2.56. The molecule has 0 aliphatic carbocycles. The summed E-state index contributed by atoms with van der Waals surface area (Å²) < 4.78 is 2.30. The van der Waals surface area contributed by atoms with Gasteiger partial charge in [0.15, 0.2) is 0 Å². The lowest BCUT2D eigenvalue weighted by Gasteiger charge is -2.45. The summed E-state index contributed by atoms with van der Waals surface area (Å²) in [6.07, 6.45) is 3.73. The first kappa shape index (κ1) is 26.2. The van der Waals surface area contributed by atoms with E-state index in [4.69, 9.17) is 9.97 Å². The van der Waals surface area contributed by atoms with Crippen LogP contribution in [0.1, 0.15) is 33.5 Å². The molecule has 0 N–H and O–H groups in total. The molecule has 4 nitrogen and oxygen atoms in total. The summed E-state index contributed by atoms with van der Waals surface area (Å²) in [6.45, 7) is 4.40. The van der Waals surface area contributed by atoms with Crippen molar-refractivity contribution >= 4 is 22.3 Å². The van der Waals surface area contributed by atoms with Crippen LogP contribution in [0.4, 0.5) is 11.4 Å². The van der Waals surface area contributed by atoms with Crippen molar-refractivity contribution in [2.75, 3.05) is 11.9 Å². The Bertz CT molecular complexity index is 2110. The van der Waals surface area contributed by atoms with E-state index in [2.05, 4.69) is 146 Å². The Morgan fingerprint density at radius 3 is 1.93 bits per heavy atom. The van der Waals surface area contributed by atoms with E-state index in [1.54, 1.807) is 0 Å². The van der Waals surface area contributed by atoms with Crippen LogP contribution >= 0.6 is 0 Å². The maximum absolute atomic E-state index is 4.77. The van der Waals surface area contributed by atoms with Crippen LogP contribution in [0.25, 0.3) is 28.0 Å². The SMILES string of the molecule is Cc1c(C)n(-c2ccccn2)c2cc(C3(c4cccc(-c5ccccn5)c4)c4ccccc4N(C)c4ccccc43)ccc12. The van der Waals surface area contributed by atoms with Gasteiger partial charge in [0.1, 0.15) is 5.82 Å². The maximum atomic E-state index is 4.77. The molecule has 0 saturated heterocycles. The van der Waals surface area contributed by atoms with Gasteiger partial charge in [-0.25, -0.2) is 4.98 Å². The smallest absolute Gasteiger partial charge is 0.137 e. The van der Waals surface area contributed by atoms with Crippen LogP contribution in [-0.2, 0) is 5.41 Å². The van der Waals surface area contributed by atoms with Crippen LogP contribution in [0.15, 0.2) is 140 Å². The van der Waals surface area contributed by atoms with E-state index in [-0.39, 0.29) is 0 Å². The van der Waals surface area contributed by atoms with Gasteiger partial charge in [-0.15, -0.1) is 0 Å². The van der Waals surface area contributed by atoms with Crippen molar-refractivity contribution in [3.63, 3.8) is 0 Å². The zero-order chi connectivity index (χ0) is 29.8. The molecule has 1 aliphatic rings. The Labute approximate surface area is 257 Å². The Hall–Kier alpha value is -5.48. The third kappa shape index (κ3) is 3.70. The second kappa shape index (κ2) is 10.1. The second-order valence-electron chi connectivity index (χ2n) is 11.6. The first-order chi connectivity index (χ1) is 21.6. The first-order valence-electron chi connectivity index (χ1n) is 15.1. The third-order valence-electron chi connectivity index (χ3n) is 9.43. The van der Waals surface area contributed by atoms with E-state index in [0.29, 0.717) is 0 Å². The van der Waals surface area contributed by atoms with Gasteiger partial charge >= 0.3 is 0 Å². The molecular formula is C40H32N4. The molecule has 44 heavy (non-hydrogen) atoms. The lowest BCUT2D eigenvalue weighted by molar-refractivity contribution is 0.728. The average Bonchev–Trinajstić information content (AvgIpc) is 3.34. The van der Waals surface area contributed by atoms with Crippen molar-refractivity contribution in [2.24, 2.45) is 0 Å². The van der Waals surface area contributed by atoms with Gasteiger partial charge in [-0.1, -0.05) is 78.9 Å². The molecule has 7 aromatic rings. The molecule has 0 amide bonds. The van der Waals surface area contributed by atoms with Crippen molar-refractivity contribution in [3.05, 3.63) is 173 Å². The van der Waals surface area contributed by atoms with Gasteiger partial charge in [0, 0.05) is 47.5 Å². The number of hydrogen-bond donors (Lipinski definition) is 0. The van der Waals surface area contributed by atoms with Crippen molar-refractivity contribution in [3.8, 4) is 17.1 Å². The number of pyridine rings is 2. The monoisotopic (exact) mass is 568 g/mol. The van der Waals surface area contributed by atoms with E-state index >= 15 is 0 Å². The van der Waals surface area contributed by atoms with Gasteiger partial charge in [-0.2, -0.15) is 0 Å². The Balaban J connectivity index is 1.51. The van der Waals surface area contributed by atoms with E-state index in [0.717, 1.165) is 22.6 Å². The number of benzene rings is 4. The summed E-state index contributed by atoms with van der Waals surface area (Å²) in [5.74, 6) is 0.927. The Morgan fingerprint density at radius 2 is 1.25 bits per heavy atom. The van der Waals surface area contributed by atoms with Crippen LogP contribution in [0, 0.1) is 13.8 Å². The molecule has 0 saturated carbocycles. The molecule has 1 aliphatic heterocycles. The third-order valence-corrected chi connectivity index (χ3v) is 9.43. The fraction of sp³-hybridized carbons (Fsp3) is 0.100. The minimum absolute atomic E-state index is 0.584. The molecule has 4 heterocycles. The molecule has 3 aromatic heterocycles. The van der Waals surface area contributed by atoms with Crippen LogP contribution in [-0.4, -0.2) is 21.6 Å². The minimum Gasteiger partial charge on any atom is -0.344 e. The number of nitrogens with zero attached hydrogens (tertiary/aromatic N) is 4. The number of para-hydroxylation sites is 2. The number of aromatic nitrogens is 3. The number of aryl methyl sites for hydroxylation is 1. The normalized spacial score (nSPS) is 13.5. The quantitative estimate of drug-likeness (QED) is 0.212. The molecule has 8 rings (SSSR count). The summed E-state index contributed by atoms with van der Waals surface area (Å²) >= 11 is 0. The predicted molar refractivity (Wildman–Crippen MR) is 180 cm³/mol. The van der Waals surface area contributed by atoms with Gasteiger partial charge in [0.25, 0.3) is 0 Å². The maximum Gasteiger partial charge on any atom is 0.137 e. The van der Waals surface area contributed by atoms with E-state index in [9.17, 15) is 0 Å². The Kier molecular flexibility index (Phi) is 5.98. The van der Waals surface area contributed by atoms with Crippen molar-refractivity contribution in [1.29, 1.82) is 0 Å². The summed E-state index contributed by atoms with van der Waals surface area (Å²) in [4.78, 5) is 11.8. The van der Waals surface area contributed by atoms with Crippen LogP contribution in [0.5, 0.6) is 0 Å². The van der Waals surface area contributed by atoms with Gasteiger partial charge in [0.05, 0.1) is 16.6 Å². The number of hydrogen-bond acceptors (Lipinski definition) is 3. The topological polar surface area (TPSA) is 34.0 Å². The van der Waals surface area contributed by atoms with E-state index in [1.165, 1.54) is 50.3 Å². The van der Waals surface area contributed by atoms with Crippen LogP contribution < -0.4 is 4.90 Å². The fourth-order valence-electron chi connectivity index (χ4n) is 7.27. The molecule has 212 valence electrons. The molecule has 0 spiro atoms. The van der Waals surface area contributed by atoms with Crippen LogP contribution in [0.2, 0.25) is 0 Å². The molecule has 4 heteroatoms. The number of anilines is 2. The van der Waals surface area contributed by atoms with Crippen molar-refractivity contribution in [1.82, 2.24) is 14.5 Å². The van der Waals surface area contributed by atoms with Gasteiger partial charge in [0.2, 0.25) is 0 Å². The standard InChI is InChI=1S/C40H32N4/c1-27-28(2)44(39-20-9-11-24-42-39)38-26-31(21-22-32(27)38)40(30-14-12-13-29(25-30)35-17-8-10-23-41-35)33-15-4-6-18-36(33)43(3)37-19-7-5-16-34(37)40/h4-26H,1-3H3. The molecule has 0 bridgehead atoms. The lowest BCUT2D eigenvalue weighted by atomic mass is 9.62. The van der Waals surface area contributed by atoms with Gasteiger partial charge in [-0.3, -0.25) is 9.55 Å². The largest absolute Gasteiger partial charge is 0.344 e. The van der Waals surface area contributed by atoms with Gasteiger partial charge < -0.3 is 4.90 Å². The highest BCUT2D eigenvalue weighted by atomic mass is 15.1. The van der Waals surface area contributed by atoms with Crippen LogP contribution in [0.3, 0.4) is 0 Å². The molecule has 0 fully saturated rings. The average molecular weight is 569 g/mol. The number of rotatable bonds is 4. The van der Waals surface area contributed by atoms with Crippen molar-refractivity contribution in [2.45, 2.75) is 19.3 Å². The molecule has 4 aromatic carbocycles. The lowest BCUT2D eigenvalue weighted by Crippen LogP contribution is -2.38. The second-order valence-corrected chi connectivity index (χ2v) is 11.6. The molecule has 0 radical (unpaired) electrons. The Morgan fingerprint density at radius 1 is 0.591 bits per heavy atom. The zero-order valence-corrected chi connectivity index (χ0v) is 25.1. The minimum atomic E-state index is -0.584. The highest BCUT2D eigenvalue weighted by molar-refractivity contribution is 5.90. The first-order valence-corrected chi connectivity index (χ1v) is 15.1. The van der Waals surface area contributed by atoms with Gasteiger partial charge in [-0.05, 0) is 90.2 Å². The summed E-state index contributed by atoms with van der Waals surface area (Å²) in [7, 11) is 2.17. The molecule has 0 unspecified atom stereocenters. The predicted octanol–water partition coefficient (Wildman–Crippen LogP) is 9.17. The zero-order valence-electron chi connectivity index (χ0n) is 25.1. The van der Waals surface area contributed by atoms with Crippen molar-refractivity contribution < 1.29 is 0 Å². The molecule has 0 atom stereocenters. The summed E-state index contributed by atoms with van der Waals surface area (Å²) in [6, 6.07) is 45.9. The van der Waals surface area contributed by atoms with E-state index < -0.39 is 5.41 Å². The highest BCUT2D eigenvalue weighted by Gasteiger charge is 2.45. The summed E-state index contributed by atoms with van der Waals surface area (Å²) in [5, 5.41) is 1.24. The summed E-state index contributed by atoms with van der Waals surface area (Å²) in [5.41, 5.74) is 12.4. The molecular weight excluding hydrogens is 536 g/mol. The fourth-order valence-corrected chi connectivity index (χ4v) is 7.27.